The molecule has 0 spiro atoms. The number of nitrogens with one attached hydrogen (secondary N) is 1. The third kappa shape index (κ3) is 2.01. The Morgan fingerprint density at radius 2 is 1.81 bits per heavy atom. The number of hydrogen-bond acceptors (Lipinski definition) is 3. The van der Waals surface area contributed by atoms with E-state index in [0.717, 1.165) is 19.1 Å². The van der Waals surface area contributed by atoms with Gasteiger partial charge in [0.05, 0.1) is 12.2 Å². The molecule has 5 atom stereocenters. The minimum absolute atomic E-state index is 0.391. The predicted octanol–water partition coefficient (Wildman–Crippen LogP) is 1.71. The molecule has 3 heteroatoms. The third-order valence-electron chi connectivity index (χ3n) is 4.59. The molecule has 1 aliphatic carbocycles. The van der Waals surface area contributed by atoms with Gasteiger partial charge >= 0.3 is 0 Å². The molecule has 2 aliphatic heterocycles. The predicted molar refractivity (Wildman–Crippen MR) is 62.4 cm³/mol. The molecular formula is C13H23NO2. The monoisotopic (exact) mass is 225 g/mol. The van der Waals surface area contributed by atoms with Gasteiger partial charge in [-0.15, -0.1) is 0 Å². The summed E-state index contributed by atoms with van der Waals surface area (Å²) in [6, 6.07) is 1.25. The fourth-order valence-corrected chi connectivity index (χ4v) is 3.61. The molecule has 1 saturated carbocycles. The quantitative estimate of drug-likeness (QED) is 0.776. The molecule has 3 nitrogen and oxygen atoms in total. The molecule has 2 saturated heterocycles. The van der Waals surface area contributed by atoms with Gasteiger partial charge in [0.2, 0.25) is 0 Å². The first-order valence-electron chi connectivity index (χ1n) is 6.84. The van der Waals surface area contributed by atoms with Crippen LogP contribution < -0.4 is 5.32 Å². The summed E-state index contributed by atoms with van der Waals surface area (Å²) in [6.07, 6.45) is 7.29. The summed E-state index contributed by atoms with van der Waals surface area (Å²) in [4.78, 5) is 0. The van der Waals surface area contributed by atoms with E-state index < -0.39 is 0 Å². The van der Waals surface area contributed by atoms with E-state index in [1.54, 1.807) is 0 Å². The van der Waals surface area contributed by atoms with Crippen molar-refractivity contribution in [3.8, 4) is 0 Å². The number of rotatable bonds is 2. The van der Waals surface area contributed by atoms with Gasteiger partial charge in [0.25, 0.3) is 0 Å². The first-order chi connectivity index (χ1) is 7.84. The lowest BCUT2D eigenvalue weighted by molar-refractivity contribution is 0.0469. The standard InChI is InChI=1S/C13H23NO2/c1-9-11(6-8-15-9)14-12-3-2-4-13-10(12)5-7-16-13/h9-14H,2-8H2,1H3. The van der Waals surface area contributed by atoms with Gasteiger partial charge in [-0.2, -0.15) is 0 Å². The molecule has 3 fully saturated rings. The summed E-state index contributed by atoms with van der Waals surface area (Å²) >= 11 is 0. The van der Waals surface area contributed by atoms with Crippen LogP contribution in [0.3, 0.4) is 0 Å². The van der Waals surface area contributed by atoms with Crippen molar-refractivity contribution in [1.82, 2.24) is 5.32 Å². The molecule has 0 amide bonds. The van der Waals surface area contributed by atoms with Crippen LogP contribution in [0.25, 0.3) is 0 Å². The van der Waals surface area contributed by atoms with E-state index in [-0.39, 0.29) is 0 Å². The minimum Gasteiger partial charge on any atom is -0.378 e. The maximum Gasteiger partial charge on any atom is 0.0700 e. The Balaban J connectivity index is 1.60. The van der Waals surface area contributed by atoms with Gasteiger partial charge in [-0.1, -0.05) is 0 Å². The second-order valence-corrected chi connectivity index (χ2v) is 5.54. The number of hydrogen-bond donors (Lipinski definition) is 1. The molecule has 3 rings (SSSR count). The minimum atomic E-state index is 0.391. The first-order valence-corrected chi connectivity index (χ1v) is 6.84. The highest BCUT2D eigenvalue weighted by Gasteiger charge is 2.39. The van der Waals surface area contributed by atoms with Crippen molar-refractivity contribution in [2.24, 2.45) is 5.92 Å². The van der Waals surface area contributed by atoms with Crippen LogP contribution in [0.15, 0.2) is 0 Å². The topological polar surface area (TPSA) is 30.5 Å². The van der Waals surface area contributed by atoms with Gasteiger partial charge in [0, 0.05) is 31.2 Å². The average molecular weight is 225 g/mol. The molecular weight excluding hydrogens is 202 g/mol. The second-order valence-electron chi connectivity index (χ2n) is 5.54. The zero-order valence-corrected chi connectivity index (χ0v) is 10.2. The molecule has 0 bridgehead atoms. The molecule has 5 unspecified atom stereocenters. The van der Waals surface area contributed by atoms with Gasteiger partial charge in [-0.25, -0.2) is 0 Å². The Morgan fingerprint density at radius 3 is 2.62 bits per heavy atom. The van der Waals surface area contributed by atoms with Crippen molar-refractivity contribution >= 4 is 0 Å². The number of ether oxygens (including phenoxy) is 2. The molecule has 0 aromatic heterocycles. The Hall–Kier alpha value is -0.120. The lowest BCUT2D eigenvalue weighted by Crippen LogP contribution is -2.49. The number of fused-ring (bicyclic) bond motifs is 1. The van der Waals surface area contributed by atoms with Crippen molar-refractivity contribution in [3.63, 3.8) is 0 Å². The lowest BCUT2D eigenvalue weighted by Gasteiger charge is -2.35. The SMILES string of the molecule is CC1OCCC1NC1CCCC2OCCC12. The molecule has 0 aromatic rings. The van der Waals surface area contributed by atoms with Crippen LogP contribution in [-0.4, -0.2) is 37.5 Å². The van der Waals surface area contributed by atoms with Crippen molar-refractivity contribution in [3.05, 3.63) is 0 Å². The average Bonchev–Trinajstić information content (AvgIpc) is 2.89. The fourth-order valence-electron chi connectivity index (χ4n) is 3.61. The zero-order chi connectivity index (χ0) is 11.0. The molecule has 0 aromatic carbocycles. The van der Waals surface area contributed by atoms with Crippen LogP contribution >= 0.6 is 0 Å². The summed E-state index contributed by atoms with van der Waals surface area (Å²) in [7, 11) is 0. The van der Waals surface area contributed by atoms with Crippen LogP contribution in [-0.2, 0) is 9.47 Å². The maximum absolute atomic E-state index is 5.81. The molecule has 92 valence electrons. The van der Waals surface area contributed by atoms with Gasteiger partial charge in [-0.05, 0) is 39.0 Å². The molecule has 2 heterocycles. The highest BCUT2D eigenvalue weighted by atomic mass is 16.5. The summed E-state index contributed by atoms with van der Waals surface area (Å²) in [6.45, 7) is 4.09. The van der Waals surface area contributed by atoms with Crippen LogP contribution in [0.4, 0.5) is 0 Å². The van der Waals surface area contributed by atoms with E-state index in [2.05, 4.69) is 12.2 Å². The Kier molecular flexibility index (Phi) is 3.18. The second kappa shape index (κ2) is 4.63. The normalized spacial score (nSPS) is 48.2. The summed E-state index contributed by atoms with van der Waals surface area (Å²) < 4.78 is 11.4. The first kappa shape index (κ1) is 11.0. The van der Waals surface area contributed by atoms with E-state index in [4.69, 9.17) is 9.47 Å². The van der Waals surface area contributed by atoms with Crippen molar-refractivity contribution < 1.29 is 9.47 Å². The Labute approximate surface area is 97.9 Å². The molecule has 1 N–H and O–H groups in total. The summed E-state index contributed by atoms with van der Waals surface area (Å²) in [5, 5.41) is 3.83. The van der Waals surface area contributed by atoms with Gasteiger partial charge in [0.15, 0.2) is 0 Å². The highest BCUT2D eigenvalue weighted by Crippen LogP contribution is 2.35. The molecule has 16 heavy (non-hydrogen) atoms. The van der Waals surface area contributed by atoms with Crippen LogP contribution in [0.1, 0.15) is 39.0 Å². The van der Waals surface area contributed by atoms with Crippen LogP contribution in [0, 0.1) is 5.92 Å². The highest BCUT2D eigenvalue weighted by molar-refractivity contribution is 4.93. The molecule has 0 radical (unpaired) electrons. The Morgan fingerprint density at radius 1 is 0.938 bits per heavy atom. The van der Waals surface area contributed by atoms with Crippen LogP contribution in [0.5, 0.6) is 0 Å². The van der Waals surface area contributed by atoms with Crippen LogP contribution in [0.2, 0.25) is 0 Å². The lowest BCUT2D eigenvalue weighted by atomic mass is 9.81. The fraction of sp³-hybridized carbons (Fsp3) is 1.00. The van der Waals surface area contributed by atoms with E-state index in [1.807, 2.05) is 0 Å². The zero-order valence-electron chi connectivity index (χ0n) is 10.2. The smallest absolute Gasteiger partial charge is 0.0700 e. The van der Waals surface area contributed by atoms with Crippen molar-refractivity contribution in [2.75, 3.05) is 13.2 Å². The summed E-state index contributed by atoms with van der Waals surface area (Å²) in [5.74, 6) is 0.765. The Bertz CT molecular complexity index is 246. The third-order valence-corrected chi connectivity index (χ3v) is 4.59. The van der Waals surface area contributed by atoms with E-state index in [1.165, 1.54) is 32.1 Å². The maximum atomic E-state index is 5.81. The van der Waals surface area contributed by atoms with Gasteiger partial charge < -0.3 is 14.8 Å². The molecule has 3 aliphatic rings. The van der Waals surface area contributed by atoms with Crippen molar-refractivity contribution in [2.45, 2.75) is 63.3 Å². The largest absolute Gasteiger partial charge is 0.378 e. The van der Waals surface area contributed by atoms with E-state index in [0.29, 0.717) is 24.3 Å². The van der Waals surface area contributed by atoms with Crippen molar-refractivity contribution in [1.29, 1.82) is 0 Å². The van der Waals surface area contributed by atoms with E-state index >= 15 is 0 Å². The van der Waals surface area contributed by atoms with E-state index in [9.17, 15) is 0 Å². The summed E-state index contributed by atoms with van der Waals surface area (Å²) in [5.41, 5.74) is 0. The van der Waals surface area contributed by atoms with Gasteiger partial charge in [0.1, 0.15) is 0 Å². The van der Waals surface area contributed by atoms with Gasteiger partial charge in [-0.3, -0.25) is 0 Å².